The van der Waals surface area contributed by atoms with Gasteiger partial charge in [-0.1, -0.05) is 6.07 Å². The van der Waals surface area contributed by atoms with Gasteiger partial charge in [-0.2, -0.15) is 5.26 Å². The summed E-state index contributed by atoms with van der Waals surface area (Å²) in [5, 5.41) is 17.9. The molecule has 0 bridgehead atoms. The van der Waals surface area contributed by atoms with Gasteiger partial charge in [0.2, 0.25) is 0 Å². The third kappa shape index (κ3) is 2.99. The fourth-order valence-corrected chi connectivity index (χ4v) is 1.18. The number of phenolic OH excluding ortho intramolecular Hbond substituents is 1. The van der Waals surface area contributed by atoms with E-state index in [2.05, 4.69) is 4.74 Å². The summed E-state index contributed by atoms with van der Waals surface area (Å²) in [6.45, 7) is 0. The van der Waals surface area contributed by atoms with Crippen LogP contribution in [0.2, 0.25) is 0 Å². The Kier molecular flexibility index (Phi) is 3.69. The van der Waals surface area contributed by atoms with Crippen LogP contribution in [-0.4, -0.2) is 18.2 Å². The molecule has 4 nitrogen and oxygen atoms in total. The SMILES string of the molecule is COC(=O)CCc1ccc(O)c(C#N)c1. The molecule has 0 unspecified atom stereocenters. The van der Waals surface area contributed by atoms with Crippen LogP contribution in [0.25, 0.3) is 0 Å². The zero-order valence-corrected chi connectivity index (χ0v) is 8.36. The number of hydrogen-bond acceptors (Lipinski definition) is 4. The molecule has 0 aliphatic carbocycles. The Labute approximate surface area is 87.7 Å². The molecule has 0 atom stereocenters. The number of aromatic hydroxyl groups is 1. The van der Waals surface area contributed by atoms with Crippen LogP contribution in [0, 0.1) is 11.3 Å². The Morgan fingerprint density at radius 3 is 2.93 bits per heavy atom. The lowest BCUT2D eigenvalue weighted by molar-refractivity contribution is -0.140. The highest BCUT2D eigenvalue weighted by atomic mass is 16.5. The summed E-state index contributed by atoms with van der Waals surface area (Å²) in [6.07, 6.45) is 0.772. The minimum absolute atomic E-state index is 0.0423. The Bertz CT molecular complexity index is 407. The van der Waals surface area contributed by atoms with Crippen molar-refractivity contribution in [3.8, 4) is 11.8 Å². The molecule has 1 aromatic carbocycles. The second-order valence-electron chi connectivity index (χ2n) is 3.04. The van der Waals surface area contributed by atoms with Crippen LogP contribution in [-0.2, 0) is 16.0 Å². The largest absolute Gasteiger partial charge is 0.507 e. The van der Waals surface area contributed by atoms with E-state index >= 15 is 0 Å². The van der Waals surface area contributed by atoms with E-state index in [0.29, 0.717) is 6.42 Å². The van der Waals surface area contributed by atoms with E-state index in [9.17, 15) is 9.90 Å². The van der Waals surface area contributed by atoms with Crippen LogP contribution in [0.3, 0.4) is 0 Å². The summed E-state index contributed by atoms with van der Waals surface area (Å²) in [5.41, 5.74) is 1.05. The lowest BCUT2D eigenvalue weighted by atomic mass is 10.1. The molecule has 1 N–H and O–H groups in total. The number of ether oxygens (including phenoxy) is 1. The van der Waals surface area contributed by atoms with E-state index < -0.39 is 0 Å². The van der Waals surface area contributed by atoms with Crippen molar-refractivity contribution in [3.63, 3.8) is 0 Å². The molecule has 1 rings (SSSR count). The number of nitrogens with zero attached hydrogens (tertiary/aromatic N) is 1. The van der Waals surface area contributed by atoms with Crippen molar-refractivity contribution in [2.24, 2.45) is 0 Å². The van der Waals surface area contributed by atoms with Crippen LogP contribution in [0.15, 0.2) is 18.2 Å². The Balaban J connectivity index is 2.71. The van der Waals surface area contributed by atoms with Crippen LogP contribution >= 0.6 is 0 Å². The molecule has 0 saturated carbocycles. The van der Waals surface area contributed by atoms with Gasteiger partial charge in [0.25, 0.3) is 0 Å². The molecule has 0 heterocycles. The first-order valence-corrected chi connectivity index (χ1v) is 4.46. The zero-order valence-electron chi connectivity index (χ0n) is 8.36. The summed E-state index contributed by atoms with van der Waals surface area (Å²) in [7, 11) is 1.33. The van der Waals surface area contributed by atoms with E-state index in [1.54, 1.807) is 12.1 Å². The lowest BCUT2D eigenvalue weighted by Gasteiger charge is -2.02. The number of hydrogen-bond donors (Lipinski definition) is 1. The van der Waals surface area contributed by atoms with Gasteiger partial charge in [-0.15, -0.1) is 0 Å². The standard InChI is InChI=1S/C11H11NO3/c1-15-11(14)5-3-8-2-4-10(13)9(6-8)7-12/h2,4,6,13H,3,5H2,1H3. The first kappa shape index (κ1) is 11.1. The molecule has 4 heteroatoms. The van der Waals surface area contributed by atoms with E-state index in [1.165, 1.54) is 13.2 Å². The maximum atomic E-state index is 10.9. The van der Waals surface area contributed by atoms with Crippen LogP contribution in [0.4, 0.5) is 0 Å². The molecular formula is C11H11NO3. The predicted molar refractivity (Wildman–Crippen MR) is 53.2 cm³/mol. The van der Waals surface area contributed by atoms with Gasteiger partial charge in [0.1, 0.15) is 11.8 Å². The average molecular weight is 205 g/mol. The van der Waals surface area contributed by atoms with Crippen molar-refractivity contribution in [3.05, 3.63) is 29.3 Å². The summed E-state index contributed by atoms with van der Waals surface area (Å²) in [4.78, 5) is 10.9. The summed E-state index contributed by atoms with van der Waals surface area (Å²) in [6, 6.07) is 6.57. The Hall–Kier alpha value is -2.02. The number of carbonyl (C=O) groups excluding carboxylic acids is 1. The van der Waals surface area contributed by atoms with Crippen molar-refractivity contribution in [1.29, 1.82) is 5.26 Å². The average Bonchev–Trinajstić information content (AvgIpc) is 2.27. The van der Waals surface area contributed by atoms with E-state index in [1.807, 2.05) is 6.07 Å². The first-order chi connectivity index (χ1) is 7.17. The third-order valence-corrected chi connectivity index (χ3v) is 2.03. The minimum Gasteiger partial charge on any atom is -0.507 e. The molecule has 0 aromatic heterocycles. The minimum atomic E-state index is -0.290. The number of esters is 1. The van der Waals surface area contributed by atoms with Gasteiger partial charge in [-0.05, 0) is 24.1 Å². The predicted octanol–water partition coefficient (Wildman–Crippen LogP) is 1.37. The van der Waals surface area contributed by atoms with Crippen molar-refractivity contribution < 1.29 is 14.6 Å². The molecule has 0 radical (unpaired) electrons. The van der Waals surface area contributed by atoms with Gasteiger partial charge in [-0.3, -0.25) is 4.79 Å². The second kappa shape index (κ2) is 5.01. The van der Waals surface area contributed by atoms with Crippen LogP contribution in [0.1, 0.15) is 17.5 Å². The molecule has 78 valence electrons. The van der Waals surface area contributed by atoms with Gasteiger partial charge < -0.3 is 9.84 Å². The topological polar surface area (TPSA) is 70.3 Å². The monoisotopic (exact) mass is 205 g/mol. The number of nitriles is 1. The van der Waals surface area contributed by atoms with Crippen molar-refractivity contribution >= 4 is 5.97 Å². The summed E-state index contributed by atoms with van der Waals surface area (Å²) < 4.78 is 4.50. The third-order valence-electron chi connectivity index (χ3n) is 2.03. The summed E-state index contributed by atoms with van der Waals surface area (Å²) in [5.74, 6) is -0.332. The highest BCUT2D eigenvalue weighted by molar-refractivity contribution is 5.69. The van der Waals surface area contributed by atoms with Gasteiger partial charge in [0.05, 0.1) is 12.7 Å². The van der Waals surface area contributed by atoms with E-state index in [-0.39, 0.29) is 23.7 Å². The number of carbonyl (C=O) groups is 1. The fourth-order valence-electron chi connectivity index (χ4n) is 1.18. The quantitative estimate of drug-likeness (QED) is 0.756. The maximum Gasteiger partial charge on any atom is 0.305 e. The molecule has 0 aliphatic heterocycles. The first-order valence-electron chi connectivity index (χ1n) is 4.46. The number of aryl methyl sites for hydroxylation is 1. The lowest BCUT2D eigenvalue weighted by Crippen LogP contribution is -2.01. The number of rotatable bonds is 3. The maximum absolute atomic E-state index is 10.9. The number of methoxy groups -OCH3 is 1. The van der Waals surface area contributed by atoms with Crippen molar-refractivity contribution in [1.82, 2.24) is 0 Å². The summed E-state index contributed by atoms with van der Waals surface area (Å²) >= 11 is 0. The number of benzene rings is 1. The van der Waals surface area contributed by atoms with E-state index in [4.69, 9.17) is 5.26 Å². The van der Waals surface area contributed by atoms with Gasteiger partial charge in [0, 0.05) is 6.42 Å². The molecule has 1 aromatic rings. The van der Waals surface area contributed by atoms with Gasteiger partial charge in [-0.25, -0.2) is 0 Å². The molecule has 15 heavy (non-hydrogen) atoms. The Morgan fingerprint density at radius 1 is 1.60 bits per heavy atom. The van der Waals surface area contributed by atoms with Crippen molar-refractivity contribution in [2.45, 2.75) is 12.8 Å². The molecule has 0 amide bonds. The Morgan fingerprint density at radius 2 is 2.33 bits per heavy atom. The fraction of sp³-hybridized carbons (Fsp3) is 0.273. The van der Waals surface area contributed by atoms with Crippen molar-refractivity contribution in [2.75, 3.05) is 7.11 Å². The number of phenols is 1. The highest BCUT2D eigenvalue weighted by Gasteiger charge is 2.04. The normalized spacial score (nSPS) is 9.33. The molecule has 0 aliphatic rings. The smallest absolute Gasteiger partial charge is 0.305 e. The van der Waals surface area contributed by atoms with Crippen LogP contribution in [0.5, 0.6) is 5.75 Å². The highest BCUT2D eigenvalue weighted by Crippen LogP contribution is 2.18. The molecule has 0 saturated heterocycles. The molecular weight excluding hydrogens is 194 g/mol. The van der Waals surface area contributed by atoms with Gasteiger partial charge >= 0.3 is 5.97 Å². The van der Waals surface area contributed by atoms with Crippen LogP contribution < -0.4 is 0 Å². The second-order valence-corrected chi connectivity index (χ2v) is 3.04. The molecule has 0 spiro atoms. The molecule has 0 fully saturated rings. The van der Waals surface area contributed by atoms with Gasteiger partial charge in [0.15, 0.2) is 0 Å². The zero-order chi connectivity index (χ0) is 11.3. The van der Waals surface area contributed by atoms with E-state index in [0.717, 1.165) is 5.56 Å².